The van der Waals surface area contributed by atoms with E-state index in [0.717, 1.165) is 0 Å². The second-order valence-corrected chi connectivity index (χ2v) is 4.05. The van der Waals surface area contributed by atoms with Crippen LogP contribution in [-0.2, 0) is 0 Å². The van der Waals surface area contributed by atoms with Gasteiger partial charge in [-0.15, -0.1) is 0 Å². The van der Waals surface area contributed by atoms with Crippen LogP contribution in [0.5, 0.6) is 5.75 Å². The van der Waals surface area contributed by atoms with E-state index >= 15 is 0 Å². The number of anilines is 1. The van der Waals surface area contributed by atoms with E-state index in [4.69, 9.17) is 10.5 Å². The number of nitrogens with two attached hydrogens (primary N) is 1. The van der Waals surface area contributed by atoms with Gasteiger partial charge in [0.05, 0.1) is 11.3 Å². The lowest BCUT2D eigenvalue weighted by Crippen LogP contribution is -2.11. The Morgan fingerprint density at radius 1 is 1.56 bits per heavy atom. The zero-order valence-corrected chi connectivity index (χ0v) is 10.1. The summed E-state index contributed by atoms with van der Waals surface area (Å²) in [6.07, 6.45) is -2.61. The van der Waals surface area contributed by atoms with Gasteiger partial charge in [0.15, 0.2) is 11.5 Å². The maximum Gasteiger partial charge on any atom is 0.272 e. The normalized spacial score (nSPS) is 10.6. The van der Waals surface area contributed by atoms with Crippen molar-refractivity contribution >= 4 is 27.4 Å². The molecule has 1 aromatic carbocycles. The van der Waals surface area contributed by atoms with Gasteiger partial charge in [-0.25, -0.2) is 8.78 Å². The molecule has 3 nitrogen and oxygen atoms in total. The van der Waals surface area contributed by atoms with Gasteiger partial charge in [-0.05, 0) is 19.1 Å². The summed E-state index contributed by atoms with van der Waals surface area (Å²) in [5, 5.41) is 0. The van der Waals surface area contributed by atoms with E-state index in [0.29, 0.717) is 4.47 Å². The zero-order chi connectivity index (χ0) is 12.3. The van der Waals surface area contributed by atoms with Crippen molar-refractivity contribution in [1.29, 1.82) is 0 Å². The molecule has 0 saturated carbocycles. The highest BCUT2D eigenvalue weighted by Gasteiger charge is 2.15. The number of nitrogen functional groups attached to an aromatic ring is 1. The summed E-state index contributed by atoms with van der Waals surface area (Å²) in [4.78, 5) is 11.3. The highest BCUT2D eigenvalue weighted by molar-refractivity contribution is 9.10. The molecule has 1 rings (SSSR count). The van der Waals surface area contributed by atoms with Crippen LogP contribution < -0.4 is 10.5 Å². The number of hydrogen-bond donors (Lipinski definition) is 1. The van der Waals surface area contributed by atoms with Gasteiger partial charge in [-0.2, -0.15) is 0 Å². The molecule has 2 N–H and O–H groups in total. The smallest absolute Gasteiger partial charge is 0.272 e. The predicted octanol–water partition coefficient (Wildman–Crippen LogP) is 2.88. The molecule has 6 heteroatoms. The lowest BCUT2D eigenvalue weighted by molar-refractivity contribution is 0.0806. The van der Waals surface area contributed by atoms with Crippen LogP contribution >= 0.6 is 15.9 Å². The topological polar surface area (TPSA) is 52.3 Å². The number of alkyl halides is 2. The lowest BCUT2D eigenvalue weighted by Gasteiger charge is -2.12. The van der Waals surface area contributed by atoms with Gasteiger partial charge in [0, 0.05) is 4.47 Å². The van der Waals surface area contributed by atoms with E-state index in [1.165, 1.54) is 19.1 Å². The molecule has 0 bridgehead atoms. The fourth-order valence-electron chi connectivity index (χ4n) is 1.18. The molecule has 0 radical (unpaired) electrons. The fraction of sp³-hybridized carbons (Fsp3) is 0.300. The van der Waals surface area contributed by atoms with Crippen LogP contribution in [0.15, 0.2) is 16.6 Å². The molecule has 0 fully saturated rings. The largest absolute Gasteiger partial charge is 0.485 e. The lowest BCUT2D eigenvalue weighted by atomic mass is 10.1. The Hall–Kier alpha value is -1.17. The SMILES string of the molecule is CC(=O)c1cc(Br)cc(N)c1OCC(F)F. The van der Waals surface area contributed by atoms with E-state index in [9.17, 15) is 13.6 Å². The maximum atomic E-state index is 12.0. The fourth-order valence-corrected chi connectivity index (χ4v) is 1.66. The van der Waals surface area contributed by atoms with E-state index in [1.54, 1.807) is 0 Å². The Morgan fingerprint density at radius 3 is 2.69 bits per heavy atom. The molecule has 16 heavy (non-hydrogen) atoms. The third-order valence-electron chi connectivity index (χ3n) is 1.82. The quantitative estimate of drug-likeness (QED) is 0.686. The van der Waals surface area contributed by atoms with Crippen LogP contribution in [0.2, 0.25) is 0 Å². The Bertz CT molecular complexity index is 410. The second-order valence-electron chi connectivity index (χ2n) is 3.13. The minimum atomic E-state index is -2.61. The molecule has 0 amide bonds. The molecule has 88 valence electrons. The van der Waals surface area contributed by atoms with Gasteiger partial charge in [-0.3, -0.25) is 4.79 Å². The number of ether oxygens (including phenoxy) is 1. The molecule has 0 heterocycles. The van der Waals surface area contributed by atoms with Crippen LogP contribution in [0, 0.1) is 0 Å². The summed E-state index contributed by atoms with van der Waals surface area (Å²) in [5.41, 5.74) is 5.93. The number of carbonyl (C=O) groups excluding carboxylic acids is 1. The first-order chi connectivity index (χ1) is 7.41. The summed E-state index contributed by atoms with van der Waals surface area (Å²) in [7, 11) is 0. The third-order valence-corrected chi connectivity index (χ3v) is 2.27. The molecule has 0 unspecified atom stereocenters. The van der Waals surface area contributed by atoms with Gasteiger partial charge in [0.1, 0.15) is 6.61 Å². The average molecular weight is 294 g/mol. The van der Waals surface area contributed by atoms with Crippen molar-refractivity contribution in [3.63, 3.8) is 0 Å². The minimum Gasteiger partial charge on any atom is -0.485 e. The summed E-state index contributed by atoms with van der Waals surface area (Å²) < 4.78 is 29.4. The molecule has 0 aliphatic carbocycles. The van der Waals surface area contributed by atoms with Crippen LogP contribution in [0.1, 0.15) is 17.3 Å². The molecule has 0 saturated heterocycles. The summed E-state index contributed by atoms with van der Waals surface area (Å²) in [6.45, 7) is 0.530. The molecular weight excluding hydrogens is 284 g/mol. The molecular formula is C10H10BrF2NO2. The van der Waals surface area contributed by atoms with Crippen molar-refractivity contribution < 1.29 is 18.3 Å². The van der Waals surface area contributed by atoms with E-state index in [2.05, 4.69) is 15.9 Å². The van der Waals surface area contributed by atoms with Crippen LogP contribution in [0.3, 0.4) is 0 Å². The van der Waals surface area contributed by atoms with Crippen molar-refractivity contribution in [3.05, 3.63) is 22.2 Å². The van der Waals surface area contributed by atoms with Crippen molar-refractivity contribution in [2.24, 2.45) is 0 Å². The number of benzene rings is 1. The summed E-state index contributed by atoms with van der Waals surface area (Å²) >= 11 is 3.16. The second kappa shape index (κ2) is 5.25. The number of ketones is 1. The summed E-state index contributed by atoms with van der Waals surface area (Å²) in [6, 6.07) is 2.98. The van der Waals surface area contributed by atoms with Gasteiger partial charge < -0.3 is 10.5 Å². The molecule has 0 aliphatic rings. The molecule has 0 aromatic heterocycles. The van der Waals surface area contributed by atoms with Crippen LogP contribution in [-0.4, -0.2) is 18.8 Å². The predicted molar refractivity (Wildman–Crippen MR) is 60.1 cm³/mol. The first-order valence-corrected chi connectivity index (χ1v) is 5.22. The minimum absolute atomic E-state index is 0.0102. The maximum absolute atomic E-state index is 12.0. The van der Waals surface area contributed by atoms with Crippen molar-refractivity contribution in [3.8, 4) is 5.75 Å². The van der Waals surface area contributed by atoms with Crippen molar-refractivity contribution in [1.82, 2.24) is 0 Å². The van der Waals surface area contributed by atoms with Crippen molar-refractivity contribution in [2.45, 2.75) is 13.3 Å². The number of carbonyl (C=O) groups is 1. The van der Waals surface area contributed by atoms with Gasteiger partial charge in [-0.1, -0.05) is 15.9 Å². The monoisotopic (exact) mass is 293 g/mol. The molecule has 0 spiro atoms. The zero-order valence-electron chi connectivity index (χ0n) is 8.47. The van der Waals surface area contributed by atoms with E-state index in [-0.39, 0.29) is 22.8 Å². The van der Waals surface area contributed by atoms with Gasteiger partial charge in [0.2, 0.25) is 0 Å². The number of hydrogen-bond acceptors (Lipinski definition) is 3. The Morgan fingerprint density at radius 2 is 2.19 bits per heavy atom. The first-order valence-electron chi connectivity index (χ1n) is 4.42. The molecule has 0 atom stereocenters. The van der Waals surface area contributed by atoms with E-state index < -0.39 is 13.0 Å². The van der Waals surface area contributed by atoms with Crippen LogP contribution in [0.4, 0.5) is 14.5 Å². The Kier molecular flexibility index (Phi) is 4.23. The highest BCUT2D eigenvalue weighted by Crippen LogP contribution is 2.31. The summed E-state index contributed by atoms with van der Waals surface area (Å²) in [5.74, 6) is -0.284. The standard InChI is InChI=1S/C10H10BrF2NO2/c1-5(15)7-2-6(11)3-8(14)10(7)16-4-9(12)13/h2-3,9H,4,14H2,1H3. The first kappa shape index (κ1) is 12.9. The number of halogens is 3. The van der Waals surface area contributed by atoms with Crippen molar-refractivity contribution in [2.75, 3.05) is 12.3 Å². The highest BCUT2D eigenvalue weighted by atomic mass is 79.9. The Balaban J connectivity index is 3.09. The average Bonchev–Trinajstić information content (AvgIpc) is 2.14. The Labute approximate surface area is 99.7 Å². The van der Waals surface area contributed by atoms with Crippen LogP contribution in [0.25, 0.3) is 0 Å². The van der Waals surface area contributed by atoms with Gasteiger partial charge in [0.25, 0.3) is 6.43 Å². The van der Waals surface area contributed by atoms with E-state index in [1.807, 2.05) is 0 Å². The molecule has 1 aromatic rings. The number of rotatable bonds is 4. The number of Topliss-reactive ketones (excluding diaryl/α,β-unsaturated/α-hetero) is 1. The molecule has 0 aliphatic heterocycles. The van der Waals surface area contributed by atoms with Gasteiger partial charge >= 0.3 is 0 Å². The third kappa shape index (κ3) is 3.16.